The summed E-state index contributed by atoms with van der Waals surface area (Å²) >= 11 is 1.88. The van der Waals surface area contributed by atoms with E-state index in [1.165, 1.54) is 111 Å². The van der Waals surface area contributed by atoms with Gasteiger partial charge in [-0.2, -0.15) is 0 Å². The van der Waals surface area contributed by atoms with E-state index < -0.39 is 0 Å². The van der Waals surface area contributed by atoms with Gasteiger partial charge in [-0.05, 0) is 183 Å². The lowest BCUT2D eigenvalue weighted by Gasteiger charge is -2.46. The van der Waals surface area contributed by atoms with Gasteiger partial charge in [0.1, 0.15) is 0 Å². The summed E-state index contributed by atoms with van der Waals surface area (Å²) in [5, 5.41) is 2.61. The number of rotatable bonds is 5. The van der Waals surface area contributed by atoms with Crippen LogP contribution in [-0.4, -0.2) is 6.71 Å². The smallest absolute Gasteiger partial charge is 0.252 e. The number of anilines is 9. The Hall–Kier alpha value is -6.56. The molecule has 0 spiro atoms. The van der Waals surface area contributed by atoms with Crippen molar-refractivity contribution in [1.82, 2.24) is 0 Å². The average molecular weight is 914 g/mol. The highest BCUT2D eigenvalue weighted by Crippen LogP contribution is 2.54. The SMILES string of the molecule is Cc1cc2c3c(c1)N(c1ccc4c(c1)C(C)(C)CCC4(C)C)c1cc4c(cc1B3c1ccc(N(c3ccccc3)c3ccccc3)cc1N2c1ccc2sc3ccccc3c2c1)C(C)(C)CC4(C)C. The van der Waals surface area contributed by atoms with Crippen LogP contribution in [0.5, 0.6) is 0 Å². The van der Waals surface area contributed by atoms with E-state index in [0.29, 0.717) is 0 Å². The van der Waals surface area contributed by atoms with Gasteiger partial charge in [-0.1, -0.05) is 128 Å². The van der Waals surface area contributed by atoms with Gasteiger partial charge >= 0.3 is 0 Å². The van der Waals surface area contributed by atoms with Gasteiger partial charge in [-0.3, -0.25) is 0 Å². The molecular formula is C64H60BN3S. The summed E-state index contributed by atoms with van der Waals surface area (Å²) in [7, 11) is 0. The second-order valence-electron chi connectivity index (χ2n) is 23.2. The minimum Gasteiger partial charge on any atom is -0.311 e. The Kier molecular flexibility index (Phi) is 9.08. The Bertz CT molecular complexity index is 3540. The van der Waals surface area contributed by atoms with Gasteiger partial charge < -0.3 is 14.7 Å². The first-order chi connectivity index (χ1) is 33.1. The van der Waals surface area contributed by atoms with Crippen molar-refractivity contribution in [3.8, 4) is 0 Å². The molecule has 2 aliphatic carbocycles. The number of hydrogen-bond acceptors (Lipinski definition) is 4. The number of hydrogen-bond donors (Lipinski definition) is 0. The van der Waals surface area contributed by atoms with Crippen molar-refractivity contribution >= 4 is 106 Å². The lowest BCUT2D eigenvalue weighted by Crippen LogP contribution is -2.61. The summed E-state index contributed by atoms with van der Waals surface area (Å²) in [6, 6.07) is 62.9. The van der Waals surface area contributed by atoms with E-state index in [0.717, 1.165) is 23.5 Å². The summed E-state index contributed by atoms with van der Waals surface area (Å²) < 4.78 is 2.63. The quantitative estimate of drug-likeness (QED) is 0.159. The molecule has 69 heavy (non-hydrogen) atoms. The summed E-state index contributed by atoms with van der Waals surface area (Å²) in [5.41, 5.74) is 22.5. The second kappa shape index (κ2) is 14.7. The van der Waals surface area contributed by atoms with E-state index in [1.54, 1.807) is 0 Å². The van der Waals surface area contributed by atoms with Crippen LogP contribution in [0, 0.1) is 6.92 Å². The number of aryl methyl sites for hydroxylation is 1. The second-order valence-corrected chi connectivity index (χ2v) is 24.3. The maximum Gasteiger partial charge on any atom is 0.252 e. The third kappa shape index (κ3) is 6.38. The third-order valence-electron chi connectivity index (χ3n) is 16.7. The van der Waals surface area contributed by atoms with Crippen molar-refractivity contribution in [2.45, 2.75) is 103 Å². The molecule has 8 aromatic carbocycles. The van der Waals surface area contributed by atoms with Crippen LogP contribution in [0.1, 0.15) is 102 Å². The Morgan fingerprint density at radius 3 is 1.67 bits per heavy atom. The van der Waals surface area contributed by atoms with Crippen molar-refractivity contribution in [3.05, 3.63) is 192 Å². The fourth-order valence-corrected chi connectivity index (χ4v) is 14.5. The van der Waals surface area contributed by atoms with E-state index in [-0.39, 0.29) is 28.4 Å². The number of thiophene rings is 1. The van der Waals surface area contributed by atoms with Gasteiger partial charge in [-0.15, -0.1) is 11.3 Å². The molecule has 0 saturated heterocycles. The van der Waals surface area contributed by atoms with Crippen molar-refractivity contribution in [3.63, 3.8) is 0 Å². The Morgan fingerprint density at radius 1 is 0.435 bits per heavy atom. The van der Waals surface area contributed by atoms with Gasteiger partial charge in [0, 0.05) is 71.4 Å². The zero-order valence-corrected chi connectivity index (χ0v) is 42.4. The molecule has 0 fully saturated rings. The van der Waals surface area contributed by atoms with Crippen LogP contribution in [0.25, 0.3) is 20.2 Å². The topological polar surface area (TPSA) is 9.72 Å². The van der Waals surface area contributed by atoms with Crippen LogP contribution in [0.4, 0.5) is 51.2 Å². The third-order valence-corrected chi connectivity index (χ3v) is 17.8. The number of nitrogens with zero attached hydrogens (tertiary/aromatic N) is 3. The summed E-state index contributed by atoms with van der Waals surface area (Å²) in [5.74, 6) is 0. The molecule has 2 aliphatic heterocycles. The Morgan fingerprint density at radius 2 is 0.986 bits per heavy atom. The molecule has 0 atom stereocenters. The summed E-state index contributed by atoms with van der Waals surface area (Å²) in [6.07, 6.45) is 3.49. The molecule has 0 saturated carbocycles. The molecular weight excluding hydrogens is 854 g/mol. The van der Waals surface area contributed by atoms with Gasteiger partial charge in [0.05, 0.1) is 0 Å². The first-order valence-electron chi connectivity index (χ1n) is 25.1. The largest absolute Gasteiger partial charge is 0.311 e. The standard InChI is InChI=1S/C64H60BN3S/c1-40-32-56-60-57(33-40)68(44-24-27-48-49(35-44)62(4,5)31-30-61(48,2)3)55-38-51-50(63(6,7)39-64(51,8)9)37-53(55)65(60)52-28-25-45(66(41-18-12-10-13-19-41)42-20-14-11-15-21-42)36-54(52)67(56)43-26-29-59-47(34-43)46-22-16-17-23-58(46)69-59/h10-29,32-38H,30-31,39H2,1-9H3. The molecule has 0 bridgehead atoms. The highest BCUT2D eigenvalue weighted by Gasteiger charge is 2.49. The molecule has 0 radical (unpaired) electrons. The maximum absolute atomic E-state index is 2.68. The zero-order valence-electron chi connectivity index (χ0n) is 41.5. The molecule has 340 valence electrons. The normalized spacial score (nSPS) is 17.6. The number of fused-ring (bicyclic) bond motifs is 9. The molecule has 3 heterocycles. The maximum atomic E-state index is 2.68. The lowest BCUT2D eigenvalue weighted by molar-refractivity contribution is 0.332. The van der Waals surface area contributed by atoms with Crippen LogP contribution < -0.4 is 31.1 Å². The Balaban J connectivity index is 1.12. The fraction of sp³-hybridized carbons (Fsp3) is 0.250. The van der Waals surface area contributed by atoms with E-state index in [9.17, 15) is 0 Å². The van der Waals surface area contributed by atoms with E-state index in [1.807, 2.05) is 11.3 Å². The molecule has 3 nitrogen and oxygen atoms in total. The molecule has 4 aliphatic rings. The molecule has 0 unspecified atom stereocenters. The van der Waals surface area contributed by atoms with E-state index >= 15 is 0 Å². The van der Waals surface area contributed by atoms with Crippen molar-refractivity contribution in [2.75, 3.05) is 14.7 Å². The van der Waals surface area contributed by atoms with Crippen molar-refractivity contribution in [2.24, 2.45) is 0 Å². The monoisotopic (exact) mass is 913 g/mol. The number of para-hydroxylation sites is 2. The highest BCUT2D eigenvalue weighted by molar-refractivity contribution is 7.25. The van der Waals surface area contributed by atoms with E-state index in [4.69, 9.17) is 0 Å². The molecule has 1 aromatic heterocycles. The highest BCUT2D eigenvalue weighted by atomic mass is 32.1. The zero-order chi connectivity index (χ0) is 47.4. The van der Waals surface area contributed by atoms with Crippen LogP contribution in [0.3, 0.4) is 0 Å². The summed E-state index contributed by atoms with van der Waals surface area (Å²) in [4.78, 5) is 7.71. The predicted octanol–water partition coefficient (Wildman–Crippen LogP) is 16.2. The minimum absolute atomic E-state index is 0.00701. The molecule has 13 rings (SSSR count). The van der Waals surface area contributed by atoms with Crippen molar-refractivity contribution < 1.29 is 0 Å². The van der Waals surface area contributed by atoms with Crippen molar-refractivity contribution in [1.29, 1.82) is 0 Å². The molecule has 9 aromatic rings. The molecule has 0 amide bonds. The predicted molar refractivity (Wildman–Crippen MR) is 299 cm³/mol. The van der Waals surface area contributed by atoms with Gasteiger partial charge in [0.2, 0.25) is 0 Å². The summed E-state index contributed by atoms with van der Waals surface area (Å²) in [6.45, 7) is 22.0. The van der Waals surface area contributed by atoms with E-state index in [2.05, 4.69) is 241 Å². The molecule has 5 heteroatoms. The first-order valence-corrected chi connectivity index (χ1v) is 25.9. The van der Waals surface area contributed by atoms with Crippen LogP contribution in [-0.2, 0) is 21.7 Å². The minimum atomic E-state index is 0.00701. The Labute approximate surface area is 413 Å². The van der Waals surface area contributed by atoms with Gasteiger partial charge in [-0.25, -0.2) is 0 Å². The first kappa shape index (κ1) is 42.5. The van der Waals surface area contributed by atoms with Crippen LogP contribution >= 0.6 is 11.3 Å². The molecule has 0 N–H and O–H groups in total. The van der Waals surface area contributed by atoms with Crippen LogP contribution in [0.2, 0.25) is 0 Å². The lowest BCUT2D eigenvalue weighted by atomic mass is 9.33. The fourth-order valence-electron chi connectivity index (χ4n) is 13.4. The number of benzene rings is 8. The average Bonchev–Trinajstić information content (AvgIpc) is 3.79. The van der Waals surface area contributed by atoms with Gasteiger partial charge in [0.15, 0.2) is 0 Å². The van der Waals surface area contributed by atoms with Crippen LogP contribution in [0.15, 0.2) is 164 Å². The van der Waals surface area contributed by atoms with Gasteiger partial charge in [0.25, 0.3) is 6.71 Å².